The van der Waals surface area contributed by atoms with Gasteiger partial charge in [-0.15, -0.1) is 10.2 Å². The Balaban J connectivity index is 1.63. The first-order valence-corrected chi connectivity index (χ1v) is 11.1. The Bertz CT molecular complexity index is 978. The van der Waals surface area contributed by atoms with Gasteiger partial charge < -0.3 is 14.6 Å². The molecule has 3 rings (SSSR count). The van der Waals surface area contributed by atoms with E-state index in [4.69, 9.17) is 4.74 Å². The molecular weight excluding hydrogens is 452 g/mol. The Morgan fingerprint density at radius 3 is 2.69 bits per heavy atom. The molecule has 8 heteroatoms. The third kappa shape index (κ3) is 5.61. The maximum Gasteiger partial charge on any atom is 0.234 e. The lowest BCUT2D eigenvalue weighted by Crippen LogP contribution is -2.16. The zero-order chi connectivity index (χ0) is 20.8. The molecule has 0 aliphatic rings. The van der Waals surface area contributed by atoms with Crippen molar-refractivity contribution in [1.29, 1.82) is 0 Å². The van der Waals surface area contributed by atoms with Crippen LogP contribution in [0.3, 0.4) is 0 Å². The number of hydrogen-bond donors (Lipinski definition) is 1. The van der Waals surface area contributed by atoms with Gasteiger partial charge in [0.1, 0.15) is 5.75 Å². The summed E-state index contributed by atoms with van der Waals surface area (Å²) >= 11 is 4.79. The van der Waals surface area contributed by atoms with Gasteiger partial charge in [0.15, 0.2) is 17.1 Å². The fourth-order valence-corrected chi connectivity index (χ4v) is 4.13. The zero-order valence-corrected chi connectivity index (χ0v) is 19.0. The average Bonchev–Trinajstić information content (AvgIpc) is 3.12. The number of anilines is 1. The lowest BCUT2D eigenvalue weighted by molar-refractivity contribution is -0.113. The first kappa shape index (κ1) is 21.4. The first-order chi connectivity index (χ1) is 14.0. The first-order valence-electron chi connectivity index (χ1n) is 9.31. The molecular formula is C21H23BrN4O2S. The zero-order valence-electron chi connectivity index (χ0n) is 16.6. The highest BCUT2D eigenvalue weighted by molar-refractivity contribution is 9.10. The fourth-order valence-electron chi connectivity index (χ4n) is 2.84. The van der Waals surface area contributed by atoms with Gasteiger partial charge in [-0.25, -0.2) is 0 Å². The van der Waals surface area contributed by atoms with Gasteiger partial charge in [0.05, 0.1) is 5.75 Å². The minimum Gasteiger partial charge on any atom is -0.483 e. The molecule has 0 radical (unpaired) electrons. The van der Waals surface area contributed by atoms with E-state index in [9.17, 15) is 4.79 Å². The van der Waals surface area contributed by atoms with E-state index in [0.717, 1.165) is 27.3 Å². The lowest BCUT2D eigenvalue weighted by atomic mass is 10.2. The lowest BCUT2D eigenvalue weighted by Gasteiger charge is -2.15. The number of carbonyl (C=O) groups excluding carboxylic acids is 1. The number of hydrogen-bond acceptors (Lipinski definition) is 5. The minimum atomic E-state index is -0.251. The maximum atomic E-state index is 12.4. The van der Waals surface area contributed by atoms with E-state index >= 15 is 0 Å². The average molecular weight is 475 g/mol. The fraction of sp³-hybridized carbons (Fsp3) is 0.286. The molecule has 0 spiro atoms. The van der Waals surface area contributed by atoms with E-state index in [2.05, 4.69) is 31.4 Å². The largest absolute Gasteiger partial charge is 0.483 e. The Hall–Kier alpha value is -2.32. The molecule has 6 nitrogen and oxygen atoms in total. The molecule has 0 fully saturated rings. The third-order valence-electron chi connectivity index (χ3n) is 4.28. The molecule has 152 valence electrons. The van der Waals surface area contributed by atoms with Crippen molar-refractivity contribution in [3.8, 4) is 5.75 Å². The number of halogens is 1. The Morgan fingerprint density at radius 2 is 2.00 bits per heavy atom. The van der Waals surface area contributed by atoms with E-state index in [1.807, 2.05) is 73.9 Å². The summed E-state index contributed by atoms with van der Waals surface area (Å²) in [5.41, 5.74) is 1.81. The van der Waals surface area contributed by atoms with E-state index in [1.165, 1.54) is 11.8 Å². The number of thioether (sulfide) groups is 1. The molecule has 1 N–H and O–H groups in total. The molecule has 0 saturated carbocycles. The second-order valence-electron chi connectivity index (χ2n) is 6.45. The maximum absolute atomic E-state index is 12.4. The van der Waals surface area contributed by atoms with Crippen molar-refractivity contribution < 1.29 is 9.53 Å². The van der Waals surface area contributed by atoms with Crippen molar-refractivity contribution in [3.63, 3.8) is 0 Å². The monoisotopic (exact) mass is 474 g/mol. The summed E-state index contributed by atoms with van der Waals surface area (Å²) < 4.78 is 8.93. The van der Waals surface area contributed by atoms with E-state index < -0.39 is 0 Å². The summed E-state index contributed by atoms with van der Waals surface area (Å²) in [7, 11) is 0. The molecule has 1 atom stereocenters. The highest BCUT2D eigenvalue weighted by Gasteiger charge is 2.19. The molecule has 0 aliphatic carbocycles. The van der Waals surface area contributed by atoms with Gasteiger partial charge in [-0.05, 0) is 56.7 Å². The topological polar surface area (TPSA) is 69.0 Å². The molecule has 0 unspecified atom stereocenters. The molecule has 2 aromatic carbocycles. The summed E-state index contributed by atoms with van der Waals surface area (Å²) in [6, 6.07) is 15.4. The van der Waals surface area contributed by atoms with Gasteiger partial charge in [-0.1, -0.05) is 45.9 Å². The van der Waals surface area contributed by atoms with Crippen molar-refractivity contribution >= 4 is 39.3 Å². The number of nitrogens with one attached hydrogen (secondary N) is 1. The second kappa shape index (κ2) is 9.93. The molecule has 3 aromatic rings. The number of rotatable bonds is 8. The number of aromatic nitrogens is 3. The summed E-state index contributed by atoms with van der Waals surface area (Å²) in [4.78, 5) is 12.4. The Labute approximate surface area is 183 Å². The number of nitrogens with zero attached hydrogens (tertiary/aromatic N) is 3. The SMILES string of the molecule is CCn1c(SCC(=O)Nc2ccc(Br)cc2C)nnc1[C@@H](C)Oc1ccccc1. The van der Waals surface area contributed by atoms with Crippen LogP contribution in [-0.2, 0) is 11.3 Å². The van der Waals surface area contributed by atoms with Crippen LogP contribution in [0, 0.1) is 6.92 Å². The van der Waals surface area contributed by atoms with Crippen LogP contribution < -0.4 is 10.1 Å². The van der Waals surface area contributed by atoms with Crippen LogP contribution in [0.25, 0.3) is 0 Å². The number of para-hydroxylation sites is 1. The van der Waals surface area contributed by atoms with Crippen molar-refractivity contribution in [2.45, 2.75) is 38.6 Å². The van der Waals surface area contributed by atoms with E-state index in [-0.39, 0.29) is 17.8 Å². The number of benzene rings is 2. The van der Waals surface area contributed by atoms with Crippen LogP contribution in [0.1, 0.15) is 31.3 Å². The van der Waals surface area contributed by atoms with E-state index in [1.54, 1.807) is 0 Å². The second-order valence-corrected chi connectivity index (χ2v) is 8.31. The number of ether oxygens (including phenoxy) is 1. The normalized spacial score (nSPS) is 11.9. The molecule has 29 heavy (non-hydrogen) atoms. The summed E-state index contributed by atoms with van der Waals surface area (Å²) in [5.74, 6) is 1.69. The van der Waals surface area contributed by atoms with Gasteiger partial charge in [0.25, 0.3) is 0 Å². The minimum absolute atomic E-state index is 0.0822. The highest BCUT2D eigenvalue weighted by atomic mass is 79.9. The van der Waals surface area contributed by atoms with Crippen LogP contribution in [0.15, 0.2) is 58.2 Å². The Morgan fingerprint density at radius 1 is 1.24 bits per heavy atom. The van der Waals surface area contributed by atoms with Crippen molar-refractivity contribution in [3.05, 3.63) is 64.4 Å². The summed E-state index contributed by atoms with van der Waals surface area (Å²) in [6.45, 7) is 6.63. The van der Waals surface area contributed by atoms with Gasteiger partial charge in [0, 0.05) is 16.7 Å². The number of carbonyl (C=O) groups is 1. The molecule has 0 aliphatic heterocycles. The van der Waals surface area contributed by atoms with Crippen LogP contribution in [0.5, 0.6) is 5.75 Å². The Kier molecular flexibility index (Phi) is 7.33. The summed E-state index contributed by atoms with van der Waals surface area (Å²) in [5, 5.41) is 12.2. The highest BCUT2D eigenvalue weighted by Crippen LogP contribution is 2.25. The van der Waals surface area contributed by atoms with Crippen LogP contribution in [0.4, 0.5) is 5.69 Å². The predicted molar refractivity (Wildman–Crippen MR) is 119 cm³/mol. The van der Waals surface area contributed by atoms with E-state index in [0.29, 0.717) is 11.7 Å². The summed E-state index contributed by atoms with van der Waals surface area (Å²) in [6.07, 6.45) is -0.251. The van der Waals surface area contributed by atoms with Crippen LogP contribution in [-0.4, -0.2) is 26.4 Å². The van der Waals surface area contributed by atoms with Crippen molar-refractivity contribution in [1.82, 2.24) is 14.8 Å². The number of amides is 1. The third-order valence-corrected chi connectivity index (χ3v) is 5.74. The van der Waals surface area contributed by atoms with Crippen LogP contribution >= 0.6 is 27.7 Å². The smallest absolute Gasteiger partial charge is 0.234 e. The molecule has 1 heterocycles. The van der Waals surface area contributed by atoms with Gasteiger partial charge in [-0.2, -0.15) is 0 Å². The van der Waals surface area contributed by atoms with Crippen molar-refractivity contribution in [2.75, 3.05) is 11.1 Å². The van der Waals surface area contributed by atoms with Crippen LogP contribution in [0.2, 0.25) is 0 Å². The molecule has 0 bridgehead atoms. The standard InChI is InChI=1S/C21H23BrN4O2S/c1-4-26-20(15(3)28-17-8-6-5-7-9-17)24-25-21(26)29-13-19(27)23-18-11-10-16(22)12-14(18)2/h5-12,15H,4,13H2,1-3H3,(H,23,27)/t15-/m1/s1. The predicted octanol–water partition coefficient (Wildman–Crippen LogP) is 5.24. The molecule has 1 amide bonds. The van der Waals surface area contributed by atoms with Gasteiger partial charge >= 0.3 is 0 Å². The van der Waals surface area contributed by atoms with Crippen molar-refractivity contribution in [2.24, 2.45) is 0 Å². The molecule has 1 aromatic heterocycles. The van der Waals surface area contributed by atoms with Gasteiger partial charge in [0.2, 0.25) is 5.91 Å². The number of aryl methyl sites for hydroxylation is 1. The van der Waals surface area contributed by atoms with Gasteiger partial charge in [-0.3, -0.25) is 4.79 Å². The molecule has 0 saturated heterocycles. The quantitative estimate of drug-likeness (QED) is 0.452.